The standard InChI is InChI=1S/C12H15BrClNO/c1-9-8-16-5-4-15(9)11-3-2-10(7-13)12(14)6-11/h2-3,6,9H,4-5,7-8H2,1H3. The lowest BCUT2D eigenvalue weighted by Gasteiger charge is -2.35. The fraction of sp³-hybridized carbons (Fsp3) is 0.500. The van der Waals surface area contributed by atoms with Crippen LogP contribution in [0.1, 0.15) is 12.5 Å². The number of rotatable bonds is 2. The van der Waals surface area contributed by atoms with E-state index in [0.717, 1.165) is 35.7 Å². The molecule has 1 aliphatic heterocycles. The van der Waals surface area contributed by atoms with Crippen molar-refractivity contribution in [3.05, 3.63) is 28.8 Å². The highest BCUT2D eigenvalue weighted by Crippen LogP contribution is 2.27. The first kappa shape index (κ1) is 12.2. The third-order valence-corrected chi connectivity index (χ3v) is 3.84. The van der Waals surface area contributed by atoms with Crippen molar-refractivity contribution < 1.29 is 4.74 Å². The Balaban J connectivity index is 2.22. The monoisotopic (exact) mass is 303 g/mol. The van der Waals surface area contributed by atoms with E-state index in [-0.39, 0.29) is 0 Å². The van der Waals surface area contributed by atoms with Crippen molar-refractivity contribution in [3.8, 4) is 0 Å². The average Bonchev–Trinajstić information content (AvgIpc) is 2.29. The molecule has 16 heavy (non-hydrogen) atoms. The predicted molar refractivity (Wildman–Crippen MR) is 71.7 cm³/mol. The number of alkyl halides is 1. The van der Waals surface area contributed by atoms with Crippen LogP contribution >= 0.6 is 27.5 Å². The maximum atomic E-state index is 6.21. The maximum Gasteiger partial charge on any atom is 0.0668 e. The van der Waals surface area contributed by atoms with Crippen molar-refractivity contribution in [1.29, 1.82) is 0 Å². The largest absolute Gasteiger partial charge is 0.377 e. The van der Waals surface area contributed by atoms with Gasteiger partial charge in [0.2, 0.25) is 0 Å². The molecule has 0 amide bonds. The van der Waals surface area contributed by atoms with Gasteiger partial charge >= 0.3 is 0 Å². The molecule has 2 rings (SSSR count). The molecule has 0 N–H and O–H groups in total. The molecular formula is C12H15BrClNO. The van der Waals surface area contributed by atoms with Crippen LogP contribution in [0.25, 0.3) is 0 Å². The zero-order valence-corrected chi connectivity index (χ0v) is 11.6. The highest BCUT2D eigenvalue weighted by Gasteiger charge is 2.19. The Kier molecular flexibility index (Phi) is 4.11. The molecule has 0 aromatic heterocycles. The second kappa shape index (κ2) is 5.39. The Hall–Kier alpha value is -0.250. The molecule has 1 atom stereocenters. The highest BCUT2D eigenvalue weighted by atomic mass is 79.9. The minimum absolute atomic E-state index is 0.416. The van der Waals surface area contributed by atoms with Gasteiger partial charge in [-0.25, -0.2) is 0 Å². The summed E-state index contributed by atoms with van der Waals surface area (Å²) in [5, 5.41) is 1.62. The quantitative estimate of drug-likeness (QED) is 0.776. The van der Waals surface area contributed by atoms with Gasteiger partial charge in [0.1, 0.15) is 0 Å². The number of ether oxygens (including phenoxy) is 1. The summed E-state index contributed by atoms with van der Waals surface area (Å²) in [7, 11) is 0. The van der Waals surface area contributed by atoms with Gasteiger partial charge in [0.25, 0.3) is 0 Å². The second-order valence-electron chi connectivity index (χ2n) is 4.03. The van der Waals surface area contributed by atoms with Crippen molar-refractivity contribution in [2.75, 3.05) is 24.7 Å². The van der Waals surface area contributed by atoms with Crippen molar-refractivity contribution >= 4 is 33.2 Å². The van der Waals surface area contributed by atoms with E-state index in [4.69, 9.17) is 16.3 Å². The molecular weight excluding hydrogens is 289 g/mol. The first-order valence-corrected chi connectivity index (χ1v) is 6.91. The van der Waals surface area contributed by atoms with Crippen LogP contribution < -0.4 is 4.90 Å². The molecule has 1 aromatic rings. The fourth-order valence-electron chi connectivity index (χ4n) is 1.93. The first-order chi connectivity index (χ1) is 7.72. The van der Waals surface area contributed by atoms with E-state index in [1.54, 1.807) is 0 Å². The highest BCUT2D eigenvalue weighted by molar-refractivity contribution is 9.08. The normalized spacial score (nSPS) is 21.2. The smallest absolute Gasteiger partial charge is 0.0668 e. The van der Waals surface area contributed by atoms with Gasteiger partial charge in [0, 0.05) is 28.6 Å². The van der Waals surface area contributed by atoms with Gasteiger partial charge in [-0.1, -0.05) is 33.6 Å². The van der Waals surface area contributed by atoms with Gasteiger partial charge in [-0.05, 0) is 24.6 Å². The molecule has 2 nitrogen and oxygen atoms in total. The van der Waals surface area contributed by atoms with Crippen LogP contribution in [-0.4, -0.2) is 25.8 Å². The van der Waals surface area contributed by atoms with E-state index >= 15 is 0 Å². The Morgan fingerprint density at radius 1 is 1.56 bits per heavy atom. The lowest BCUT2D eigenvalue weighted by Crippen LogP contribution is -2.43. The number of hydrogen-bond acceptors (Lipinski definition) is 2. The van der Waals surface area contributed by atoms with Gasteiger partial charge in [0.05, 0.1) is 13.2 Å². The van der Waals surface area contributed by atoms with Crippen LogP contribution in [0.4, 0.5) is 5.69 Å². The molecule has 1 heterocycles. The molecule has 0 saturated carbocycles. The molecule has 0 aliphatic carbocycles. The molecule has 1 aliphatic rings. The molecule has 0 bridgehead atoms. The molecule has 88 valence electrons. The summed E-state index contributed by atoms with van der Waals surface area (Å²) in [5.41, 5.74) is 2.32. The summed E-state index contributed by atoms with van der Waals surface area (Å²) in [6.07, 6.45) is 0. The summed E-state index contributed by atoms with van der Waals surface area (Å²) < 4.78 is 5.43. The van der Waals surface area contributed by atoms with Gasteiger partial charge in [0.15, 0.2) is 0 Å². The van der Waals surface area contributed by atoms with Gasteiger partial charge in [-0.2, -0.15) is 0 Å². The second-order valence-corrected chi connectivity index (χ2v) is 4.99. The van der Waals surface area contributed by atoms with Crippen molar-refractivity contribution in [1.82, 2.24) is 0 Å². The van der Waals surface area contributed by atoms with E-state index in [0.29, 0.717) is 6.04 Å². The van der Waals surface area contributed by atoms with Crippen LogP contribution in [0.3, 0.4) is 0 Å². The summed E-state index contributed by atoms with van der Waals surface area (Å²) in [5.74, 6) is 0. The third kappa shape index (κ3) is 2.53. The number of nitrogens with zero attached hydrogens (tertiary/aromatic N) is 1. The van der Waals surface area contributed by atoms with E-state index < -0.39 is 0 Å². The van der Waals surface area contributed by atoms with Gasteiger partial charge in [-0.3, -0.25) is 0 Å². The molecule has 1 unspecified atom stereocenters. The van der Waals surface area contributed by atoms with Crippen LogP contribution in [0.15, 0.2) is 18.2 Å². The van der Waals surface area contributed by atoms with E-state index in [2.05, 4.69) is 39.9 Å². The number of morpholine rings is 1. The lowest BCUT2D eigenvalue weighted by atomic mass is 10.1. The minimum Gasteiger partial charge on any atom is -0.377 e. The fourth-order valence-corrected chi connectivity index (χ4v) is 2.83. The Bertz CT molecular complexity index is 372. The zero-order chi connectivity index (χ0) is 11.5. The van der Waals surface area contributed by atoms with Gasteiger partial charge < -0.3 is 9.64 Å². The number of halogens is 2. The van der Waals surface area contributed by atoms with Crippen LogP contribution in [0, 0.1) is 0 Å². The van der Waals surface area contributed by atoms with Crippen LogP contribution in [-0.2, 0) is 10.1 Å². The molecule has 1 fully saturated rings. The SMILES string of the molecule is CC1COCCN1c1ccc(CBr)c(Cl)c1. The topological polar surface area (TPSA) is 12.5 Å². The average molecular weight is 305 g/mol. The van der Waals surface area contributed by atoms with Crippen molar-refractivity contribution in [2.45, 2.75) is 18.3 Å². The summed E-state index contributed by atoms with van der Waals surface area (Å²) >= 11 is 9.63. The Labute approximate surface area is 110 Å². The molecule has 1 aromatic carbocycles. The van der Waals surface area contributed by atoms with E-state index in [1.807, 2.05) is 6.07 Å². The van der Waals surface area contributed by atoms with Crippen molar-refractivity contribution in [3.63, 3.8) is 0 Å². The summed E-state index contributed by atoms with van der Waals surface area (Å²) in [6.45, 7) is 4.69. The number of hydrogen-bond donors (Lipinski definition) is 0. The third-order valence-electron chi connectivity index (χ3n) is 2.88. The summed E-state index contributed by atoms with van der Waals surface area (Å²) in [6, 6.07) is 6.67. The molecule has 0 radical (unpaired) electrons. The van der Waals surface area contributed by atoms with E-state index in [1.165, 1.54) is 5.69 Å². The first-order valence-electron chi connectivity index (χ1n) is 5.41. The zero-order valence-electron chi connectivity index (χ0n) is 9.25. The molecule has 4 heteroatoms. The molecule has 0 spiro atoms. The number of anilines is 1. The lowest BCUT2D eigenvalue weighted by molar-refractivity contribution is 0.0989. The maximum absolute atomic E-state index is 6.21. The molecule has 1 saturated heterocycles. The van der Waals surface area contributed by atoms with Crippen molar-refractivity contribution in [2.24, 2.45) is 0 Å². The van der Waals surface area contributed by atoms with Crippen LogP contribution in [0.2, 0.25) is 5.02 Å². The summed E-state index contributed by atoms with van der Waals surface area (Å²) in [4.78, 5) is 2.34. The van der Waals surface area contributed by atoms with Crippen LogP contribution in [0.5, 0.6) is 0 Å². The van der Waals surface area contributed by atoms with E-state index in [9.17, 15) is 0 Å². The number of benzene rings is 1. The Morgan fingerprint density at radius 3 is 3.00 bits per heavy atom. The predicted octanol–water partition coefficient (Wildman–Crippen LogP) is 3.46. The van der Waals surface area contributed by atoms with Gasteiger partial charge in [-0.15, -0.1) is 0 Å². The Morgan fingerprint density at radius 2 is 2.38 bits per heavy atom. The minimum atomic E-state index is 0.416.